The van der Waals surface area contributed by atoms with Gasteiger partial charge in [0.05, 0.1) is 11.3 Å². The van der Waals surface area contributed by atoms with Crippen molar-refractivity contribution in [2.45, 2.75) is 62.6 Å². The van der Waals surface area contributed by atoms with Gasteiger partial charge in [0.15, 0.2) is 0 Å². The standard InChI is InChI=1S/C25H31F3N4O2/c1-31-23(13-22(30-31)16-5-2-3-6-16)21-14-32-10-9-17(21)11-20(32)15-34-24(33)29-19-8-4-7-18(12-19)25(26,27)28/h4,7-8,12-13,16-17,20-21H,2-3,5-6,9-11,14-15H2,1H3,(H,29,33)/t17-,20+,21-/m0/s1. The summed E-state index contributed by atoms with van der Waals surface area (Å²) in [6, 6.07) is 7.01. The van der Waals surface area contributed by atoms with Crippen molar-refractivity contribution in [3.63, 3.8) is 0 Å². The van der Waals surface area contributed by atoms with Gasteiger partial charge in [-0.15, -0.1) is 0 Å². The average molecular weight is 477 g/mol. The average Bonchev–Trinajstić information content (AvgIpc) is 3.47. The minimum absolute atomic E-state index is 0.0691. The molecule has 0 radical (unpaired) electrons. The van der Waals surface area contributed by atoms with Crippen LogP contribution in [-0.2, 0) is 18.0 Å². The summed E-state index contributed by atoms with van der Waals surface area (Å²) in [6.07, 6.45) is 1.91. The molecule has 9 heteroatoms. The van der Waals surface area contributed by atoms with Crippen LogP contribution < -0.4 is 5.32 Å². The van der Waals surface area contributed by atoms with Crippen molar-refractivity contribution in [3.05, 3.63) is 47.3 Å². The second-order valence-electron chi connectivity index (χ2n) is 9.94. The molecule has 4 atom stereocenters. The first kappa shape index (κ1) is 23.2. The highest BCUT2D eigenvalue weighted by molar-refractivity contribution is 5.84. The molecule has 4 aliphatic rings. The number of nitrogens with one attached hydrogen (secondary N) is 1. The molecular weight excluding hydrogens is 445 g/mol. The van der Waals surface area contributed by atoms with Crippen LogP contribution in [-0.4, -0.2) is 46.5 Å². The first-order chi connectivity index (χ1) is 16.3. The molecule has 0 spiro atoms. The van der Waals surface area contributed by atoms with Gasteiger partial charge in [0, 0.05) is 42.9 Å². The molecule has 2 bridgehead atoms. The number of halogens is 3. The van der Waals surface area contributed by atoms with E-state index in [0.717, 1.165) is 38.1 Å². The van der Waals surface area contributed by atoms with Crippen molar-refractivity contribution in [1.29, 1.82) is 0 Å². The quantitative estimate of drug-likeness (QED) is 0.617. The fourth-order valence-electron chi connectivity index (χ4n) is 6.02. The van der Waals surface area contributed by atoms with Crippen LogP contribution >= 0.6 is 0 Å². The molecule has 3 aliphatic heterocycles. The Morgan fingerprint density at radius 2 is 2.00 bits per heavy atom. The Bertz CT molecular complexity index is 1030. The van der Waals surface area contributed by atoms with Gasteiger partial charge < -0.3 is 4.74 Å². The molecule has 1 aliphatic carbocycles. The highest BCUT2D eigenvalue weighted by Gasteiger charge is 2.42. The van der Waals surface area contributed by atoms with Crippen molar-refractivity contribution >= 4 is 11.8 Å². The van der Waals surface area contributed by atoms with E-state index in [1.165, 1.54) is 49.2 Å². The highest BCUT2D eigenvalue weighted by Crippen LogP contribution is 2.43. The fourth-order valence-corrected chi connectivity index (χ4v) is 6.02. The number of hydrogen-bond acceptors (Lipinski definition) is 4. The summed E-state index contributed by atoms with van der Waals surface area (Å²) in [5.74, 6) is 1.53. The minimum Gasteiger partial charge on any atom is -0.448 e. The predicted octanol–water partition coefficient (Wildman–Crippen LogP) is 5.52. The molecular formula is C25H31F3N4O2. The van der Waals surface area contributed by atoms with E-state index >= 15 is 0 Å². The lowest BCUT2D eigenvalue weighted by molar-refractivity contribution is -0.137. The van der Waals surface area contributed by atoms with Gasteiger partial charge in [-0.3, -0.25) is 14.9 Å². The normalized spacial score (nSPS) is 27.2. The molecule has 1 amide bonds. The number of benzene rings is 1. The summed E-state index contributed by atoms with van der Waals surface area (Å²) < 4.78 is 46.1. The van der Waals surface area contributed by atoms with Crippen molar-refractivity contribution in [3.8, 4) is 0 Å². The molecule has 4 fully saturated rings. The monoisotopic (exact) mass is 476 g/mol. The van der Waals surface area contributed by atoms with Crippen LogP contribution in [0.1, 0.15) is 67.3 Å². The van der Waals surface area contributed by atoms with Crippen molar-refractivity contribution in [2.24, 2.45) is 13.0 Å². The van der Waals surface area contributed by atoms with Gasteiger partial charge in [0.25, 0.3) is 0 Å². The molecule has 1 unspecified atom stereocenters. The molecule has 3 saturated heterocycles. The summed E-state index contributed by atoms with van der Waals surface area (Å²) in [5, 5.41) is 7.26. The second-order valence-corrected chi connectivity index (χ2v) is 9.94. The van der Waals surface area contributed by atoms with E-state index in [1.54, 1.807) is 0 Å². The van der Waals surface area contributed by atoms with Crippen LogP contribution in [0.25, 0.3) is 0 Å². The smallest absolute Gasteiger partial charge is 0.416 e. The first-order valence-electron chi connectivity index (χ1n) is 12.2. The van der Waals surface area contributed by atoms with E-state index < -0.39 is 17.8 Å². The number of carbonyl (C=O) groups is 1. The molecule has 4 heterocycles. The molecule has 1 aromatic heterocycles. The summed E-state index contributed by atoms with van der Waals surface area (Å²) in [5.41, 5.74) is 1.80. The molecule has 6 nitrogen and oxygen atoms in total. The van der Waals surface area contributed by atoms with Crippen LogP contribution in [0.2, 0.25) is 0 Å². The predicted molar refractivity (Wildman–Crippen MR) is 122 cm³/mol. The SMILES string of the molecule is Cn1nc(C2CCCC2)cc1[C@H]1CN2CC[C@H]1C[C@@H]2COC(=O)Nc1cccc(C(F)(F)F)c1. The number of ether oxygens (including phenoxy) is 1. The zero-order valence-corrected chi connectivity index (χ0v) is 19.4. The molecule has 6 rings (SSSR count). The van der Waals surface area contributed by atoms with Gasteiger partial charge in [-0.05, 0) is 62.4 Å². The van der Waals surface area contributed by atoms with Gasteiger partial charge >= 0.3 is 12.3 Å². The maximum absolute atomic E-state index is 12.9. The number of carbonyl (C=O) groups excluding carboxylic acids is 1. The summed E-state index contributed by atoms with van der Waals surface area (Å²) in [4.78, 5) is 14.6. The first-order valence-corrected chi connectivity index (χ1v) is 12.2. The second kappa shape index (κ2) is 9.24. The Labute approximate surface area is 197 Å². The number of aryl methyl sites for hydroxylation is 1. The number of amides is 1. The highest BCUT2D eigenvalue weighted by atomic mass is 19.4. The molecule has 184 valence electrons. The zero-order valence-electron chi connectivity index (χ0n) is 19.4. The number of piperidine rings is 3. The number of rotatable bonds is 5. The van der Waals surface area contributed by atoms with Crippen LogP contribution in [0.3, 0.4) is 0 Å². The fraction of sp³-hybridized carbons (Fsp3) is 0.600. The number of hydrogen-bond donors (Lipinski definition) is 1. The van der Waals surface area contributed by atoms with Gasteiger partial charge in [0.1, 0.15) is 6.61 Å². The number of anilines is 1. The van der Waals surface area contributed by atoms with E-state index in [1.807, 2.05) is 7.05 Å². The third kappa shape index (κ3) is 4.80. The third-order valence-electron chi connectivity index (χ3n) is 7.81. The van der Waals surface area contributed by atoms with Gasteiger partial charge in [-0.25, -0.2) is 4.79 Å². The van der Waals surface area contributed by atoms with Crippen LogP contribution in [0.4, 0.5) is 23.7 Å². The number of fused-ring (bicyclic) bond motifs is 3. The molecule has 1 saturated carbocycles. The van der Waals surface area contributed by atoms with E-state index in [0.29, 0.717) is 17.8 Å². The van der Waals surface area contributed by atoms with E-state index in [4.69, 9.17) is 9.84 Å². The summed E-state index contributed by atoms with van der Waals surface area (Å²) in [7, 11) is 2.05. The largest absolute Gasteiger partial charge is 0.448 e. The Balaban J connectivity index is 1.17. The zero-order chi connectivity index (χ0) is 23.9. The van der Waals surface area contributed by atoms with Gasteiger partial charge in [-0.1, -0.05) is 18.9 Å². The van der Waals surface area contributed by atoms with E-state index in [-0.39, 0.29) is 18.3 Å². The maximum atomic E-state index is 12.9. The molecule has 1 aromatic carbocycles. The Morgan fingerprint density at radius 1 is 1.21 bits per heavy atom. The van der Waals surface area contributed by atoms with E-state index in [9.17, 15) is 18.0 Å². The molecule has 1 N–H and O–H groups in total. The number of nitrogens with zero attached hydrogens (tertiary/aromatic N) is 3. The van der Waals surface area contributed by atoms with Crippen LogP contribution in [0.15, 0.2) is 30.3 Å². The summed E-state index contributed by atoms with van der Waals surface area (Å²) >= 11 is 0. The minimum atomic E-state index is -4.46. The molecule has 34 heavy (non-hydrogen) atoms. The van der Waals surface area contributed by atoms with Crippen molar-refractivity contribution in [1.82, 2.24) is 14.7 Å². The lowest BCUT2D eigenvalue weighted by Crippen LogP contribution is -2.54. The number of aromatic nitrogens is 2. The topological polar surface area (TPSA) is 59.4 Å². The van der Waals surface area contributed by atoms with Crippen molar-refractivity contribution < 1.29 is 22.7 Å². The lowest BCUT2D eigenvalue weighted by Gasteiger charge is -2.49. The summed E-state index contributed by atoms with van der Waals surface area (Å²) in [6.45, 7) is 2.11. The van der Waals surface area contributed by atoms with Crippen molar-refractivity contribution in [2.75, 3.05) is 25.0 Å². The Hall–Kier alpha value is -2.55. The van der Waals surface area contributed by atoms with Crippen LogP contribution in [0.5, 0.6) is 0 Å². The maximum Gasteiger partial charge on any atom is 0.416 e. The lowest BCUT2D eigenvalue weighted by atomic mass is 9.74. The third-order valence-corrected chi connectivity index (χ3v) is 7.81. The number of alkyl halides is 3. The van der Waals surface area contributed by atoms with Gasteiger partial charge in [-0.2, -0.15) is 18.3 Å². The Kier molecular flexibility index (Phi) is 6.31. The molecule has 2 aromatic rings. The van der Waals surface area contributed by atoms with Gasteiger partial charge in [0.2, 0.25) is 0 Å². The van der Waals surface area contributed by atoms with E-state index in [2.05, 4.69) is 21.0 Å². The van der Waals surface area contributed by atoms with Crippen LogP contribution in [0, 0.1) is 5.92 Å². The Morgan fingerprint density at radius 3 is 2.71 bits per heavy atom.